The van der Waals surface area contributed by atoms with Crippen molar-refractivity contribution in [2.24, 2.45) is 0 Å². The van der Waals surface area contributed by atoms with Crippen molar-refractivity contribution in [2.45, 2.75) is 12.5 Å². The van der Waals surface area contributed by atoms with E-state index in [4.69, 9.17) is 5.26 Å². The molecule has 1 atom stereocenters. The summed E-state index contributed by atoms with van der Waals surface area (Å²) in [7, 11) is 0. The van der Waals surface area contributed by atoms with E-state index in [0.717, 1.165) is 19.5 Å². The molecule has 0 saturated carbocycles. The van der Waals surface area contributed by atoms with Gasteiger partial charge < -0.3 is 5.32 Å². The highest BCUT2D eigenvalue weighted by Gasteiger charge is 2.18. The molecule has 0 aromatic carbocycles. The molecule has 1 aromatic heterocycles. The van der Waals surface area contributed by atoms with Crippen molar-refractivity contribution in [3.8, 4) is 6.07 Å². The Morgan fingerprint density at radius 3 is 3.33 bits per heavy atom. The molecule has 0 radical (unpaired) electrons. The molecule has 2 heterocycles. The van der Waals surface area contributed by atoms with Crippen molar-refractivity contribution in [3.63, 3.8) is 0 Å². The fourth-order valence-corrected chi connectivity index (χ4v) is 1.54. The Kier molecular flexibility index (Phi) is 1.80. The van der Waals surface area contributed by atoms with Crippen LogP contribution in [-0.4, -0.2) is 22.9 Å². The van der Waals surface area contributed by atoms with Crippen LogP contribution in [0.1, 0.15) is 18.2 Å². The first-order chi connectivity index (χ1) is 5.92. The van der Waals surface area contributed by atoms with Gasteiger partial charge in [0.25, 0.3) is 0 Å². The molecular weight excluding hydrogens is 152 g/mol. The zero-order valence-corrected chi connectivity index (χ0v) is 6.70. The quantitative estimate of drug-likeness (QED) is 0.645. The summed E-state index contributed by atoms with van der Waals surface area (Å²) in [6.45, 7) is 1.95. The molecule has 0 bridgehead atoms. The first-order valence-electron chi connectivity index (χ1n) is 4.06. The van der Waals surface area contributed by atoms with Crippen LogP contribution in [0.25, 0.3) is 0 Å². The largest absolute Gasteiger partial charge is 0.315 e. The third kappa shape index (κ3) is 1.08. The molecule has 0 amide bonds. The SMILES string of the molecule is N#Cc1ccnn1C1CCNC1. The van der Waals surface area contributed by atoms with E-state index < -0.39 is 0 Å². The molecule has 0 aliphatic carbocycles. The molecule has 1 aliphatic heterocycles. The zero-order chi connectivity index (χ0) is 8.39. The molecule has 0 spiro atoms. The maximum absolute atomic E-state index is 8.74. The maximum Gasteiger partial charge on any atom is 0.138 e. The Bertz CT molecular complexity index is 303. The topological polar surface area (TPSA) is 53.6 Å². The van der Waals surface area contributed by atoms with Gasteiger partial charge in [-0.25, -0.2) is 0 Å². The third-order valence-electron chi connectivity index (χ3n) is 2.17. The maximum atomic E-state index is 8.74. The van der Waals surface area contributed by atoms with Crippen molar-refractivity contribution in [2.75, 3.05) is 13.1 Å². The van der Waals surface area contributed by atoms with Crippen LogP contribution in [-0.2, 0) is 0 Å². The Morgan fingerprint density at radius 2 is 2.67 bits per heavy atom. The minimum atomic E-state index is 0.370. The van der Waals surface area contributed by atoms with Gasteiger partial charge in [-0.2, -0.15) is 10.4 Å². The van der Waals surface area contributed by atoms with Gasteiger partial charge in [0.05, 0.1) is 12.2 Å². The predicted molar refractivity (Wildman–Crippen MR) is 43.5 cm³/mol. The third-order valence-corrected chi connectivity index (χ3v) is 2.17. The van der Waals surface area contributed by atoms with Gasteiger partial charge in [-0.1, -0.05) is 0 Å². The fourth-order valence-electron chi connectivity index (χ4n) is 1.54. The smallest absolute Gasteiger partial charge is 0.138 e. The van der Waals surface area contributed by atoms with Crippen molar-refractivity contribution < 1.29 is 0 Å². The lowest BCUT2D eigenvalue weighted by molar-refractivity contribution is 0.486. The first kappa shape index (κ1) is 7.32. The Balaban J connectivity index is 2.27. The van der Waals surface area contributed by atoms with Crippen molar-refractivity contribution in [1.82, 2.24) is 15.1 Å². The van der Waals surface area contributed by atoms with Gasteiger partial charge in [0.15, 0.2) is 0 Å². The number of nitrogens with one attached hydrogen (secondary N) is 1. The van der Waals surface area contributed by atoms with Gasteiger partial charge in [-0.3, -0.25) is 4.68 Å². The highest BCUT2D eigenvalue weighted by atomic mass is 15.3. The summed E-state index contributed by atoms with van der Waals surface area (Å²) in [5.41, 5.74) is 0.656. The standard InChI is InChI=1S/C8H10N4/c9-5-7-2-4-11-12(7)8-1-3-10-6-8/h2,4,8,10H,1,3,6H2. The number of hydrogen-bond acceptors (Lipinski definition) is 3. The van der Waals surface area contributed by atoms with E-state index in [0.29, 0.717) is 11.7 Å². The second-order valence-electron chi connectivity index (χ2n) is 2.92. The molecule has 62 valence electrons. The van der Waals surface area contributed by atoms with Crippen LogP contribution in [0.2, 0.25) is 0 Å². The lowest BCUT2D eigenvalue weighted by Gasteiger charge is -2.09. The summed E-state index contributed by atoms with van der Waals surface area (Å²) in [6.07, 6.45) is 2.74. The number of nitrogens with zero attached hydrogens (tertiary/aromatic N) is 3. The number of aromatic nitrogens is 2. The first-order valence-corrected chi connectivity index (χ1v) is 4.06. The highest BCUT2D eigenvalue weighted by molar-refractivity contribution is 5.19. The number of rotatable bonds is 1. The predicted octanol–water partition coefficient (Wildman–Crippen LogP) is 0.289. The monoisotopic (exact) mass is 162 g/mol. The van der Waals surface area contributed by atoms with E-state index in [-0.39, 0.29) is 0 Å². The molecule has 4 heteroatoms. The molecule has 1 fully saturated rings. The Labute approximate surface area is 70.8 Å². The number of hydrogen-bond donors (Lipinski definition) is 1. The van der Waals surface area contributed by atoms with E-state index in [1.807, 2.05) is 0 Å². The van der Waals surface area contributed by atoms with Crippen molar-refractivity contribution >= 4 is 0 Å². The van der Waals surface area contributed by atoms with Crippen molar-refractivity contribution in [3.05, 3.63) is 18.0 Å². The van der Waals surface area contributed by atoms with E-state index in [1.165, 1.54) is 0 Å². The molecular formula is C8H10N4. The summed E-state index contributed by atoms with van der Waals surface area (Å²) >= 11 is 0. The molecule has 1 saturated heterocycles. The average Bonchev–Trinajstić information content (AvgIpc) is 2.74. The second kappa shape index (κ2) is 2.95. The van der Waals surface area contributed by atoms with E-state index in [9.17, 15) is 0 Å². The van der Waals surface area contributed by atoms with Crippen LogP contribution >= 0.6 is 0 Å². The van der Waals surface area contributed by atoms with Crippen LogP contribution in [0.15, 0.2) is 12.3 Å². The highest BCUT2D eigenvalue weighted by Crippen LogP contribution is 2.15. The Morgan fingerprint density at radius 1 is 1.75 bits per heavy atom. The minimum absolute atomic E-state index is 0.370. The van der Waals surface area contributed by atoms with Crippen molar-refractivity contribution in [1.29, 1.82) is 5.26 Å². The molecule has 1 aromatic rings. The van der Waals surface area contributed by atoms with E-state index >= 15 is 0 Å². The lowest BCUT2D eigenvalue weighted by Crippen LogP contribution is -2.15. The lowest BCUT2D eigenvalue weighted by atomic mass is 10.2. The van der Waals surface area contributed by atoms with Gasteiger partial charge in [0.2, 0.25) is 0 Å². The molecule has 12 heavy (non-hydrogen) atoms. The van der Waals surface area contributed by atoms with Crippen LogP contribution < -0.4 is 5.32 Å². The normalized spacial score (nSPS) is 22.4. The summed E-state index contributed by atoms with van der Waals surface area (Å²) < 4.78 is 1.81. The zero-order valence-electron chi connectivity index (χ0n) is 6.70. The van der Waals surface area contributed by atoms with Gasteiger partial charge in [0.1, 0.15) is 11.8 Å². The summed E-state index contributed by atoms with van der Waals surface area (Å²) in [5.74, 6) is 0. The molecule has 2 rings (SSSR count). The summed E-state index contributed by atoms with van der Waals surface area (Å²) in [4.78, 5) is 0. The molecule has 1 unspecified atom stereocenters. The molecule has 1 N–H and O–H groups in total. The van der Waals surface area contributed by atoms with Crippen LogP contribution in [0, 0.1) is 11.3 Å². The number of nitriles is 1. The summed E-state index contributed by atoms with van der Waals surface area (Å²) in [5, 5.41) is 16.1. The van der Waals surface area contributed by atoms with Crippen LogP contribution in [0.5, 0.6) is 0 Å². The second-order valence-corrected chi connectivity index (χ2v) is 2.92. The van der Waals surface area contributed by atoms with Gasteiger partial charge in [0, 0.05) is 6.54 Å². The van der Waals surface area contributed by atoms with Crippen LogP contribution in [0.3, 0.4) is 0 Å². The van der Waals surface area contributed by atoms with E-state index in [1.54, 1.807) is 16.9 Å². The van der Waals surface area contributed by atoms with Gasteiger partial charge >= 0.3 is 0 Å². The molecule has 1 aliphatic rings. The van der Waals surface area contributed by atoms with E-state index in [2.05, 4.69) is 16.5 Å². The van der Waals surface area contributed by atoms with Gasteiger partial charge in [-0.15, -0.1) is 0 Å². The fraction of sp³-hybridized carbons (Fsp3) is 0.500. The average molecular weight is 162 g/mol. The molecule has 4 nitrogen and oxygen atoms in total. The summed E-state index contributed by atoms with van der Waals surface area (Å²) in [6, 6.07) is 4.24. The Hall–Kier alpha value is -1.34. The van der Waals surface area contributed by atoms with Gasteiger partial charge in [-0.05, 0) is 19.0 Å². The van der Waals surface area contributed by atoms with Crippen LogP contribution in [0.4, 0.5) is 0 Å². The minimum Gasteiger partial charge on any atom is -0.315 e.